The van der Waals surface area contributed by atoms with E-state index >= 15 is 0 Å². The van der Waals surface area contributed by atoms with Crippen molar-refractivity contribution < 1.29 is 4.79 Å². The van der Waals surface area contributed by atoms with Gasteiger partial charge < -0.3 is 20.9 Å². The second-order valence-corrected chi connectivity index (χ2v) is 12.3. The maximum Gasteiger partial charge on any atom is 0.234 e. The van der Waals surface area contributed by atoms with Crippen molar-refractivity contribution in [2.45, 2.75) is 83.8 Å². The van der Waals surface area contributed by atoms with Crippen LogP contribution >= 0.6 is 0 Å². The number of aromatic nitrogens is 3. The average Bonchev–Trinajstić information content (AvgIpc) is 3.68. The molecule has 0 spiro atoms. The highest BCUT2D eigenvalue weighted by atomic mass is 16.2. The molecule has 3 N–H and O–H groups in total. The van der Waals surface area contributed by atoms with E-state index in [0.29, 0.717) is 6.54 Å². The molecule has 0 aromatic carbocycles. The minimum absolute atomic E-state index is 0.0107. The van der Waals surface area contributed by atoms with Crippen LogP contribution in [0.4, 0.5) is 11.5 Å². The Bertz CT molecular complexity index is 1240. The van der Waals surface area contributed by atoms with Crippen LogP contribution in [-0.4, -0.2) is 70.6 Å². The van der Waals surface area contributed by atoms with Gasteiger partial charge in [0, 0.05) is 61.8 Å². The Kier molecular flexibility index (Phi) is 6.45. The summed E-state index contributed by atoms with van der Waals surface area (Å²) in [5.41, 5.74) is 6.88. The van der Waals surface area contributed by atoms with E-state index < -0.39 is 0 Å². The molecular weight excluding hydrogens is 476 g/mol. The van der Waals surface area contributed by atoms with Crippen LogP contribution in [0.25, 0.3) is 0 Å². The highest BCUT2D eigenvalue weighted by Gasteiger charge is 2.55. The number of fused-ring (bicyclic) bond motifs is 3. The fourth-order valence-corrected chi connectivity index (χ4v) is 7.77. The molecule has 0 unspecified atom stereocenters. The van der Waals surface area contributed by atoms with Crippen molar-refractivity contribution >= 4 is 23.6 Å². The van der Waals surface area contributed by atoms with Crippen molar-refractivity contribution in [3.63, 3.8) is 0 Å². The molecule has 2 aliphatic heterocycles. The number of pyridine rings is 1. The van der Waals surface area contributed by atoms with Crippen LogP contribution in [-0.2, 0) is 24.3 Å². The van der Waals surface area contributed by atoms with Gasteiger partial charge in [0.25, 0.3) is 0 Å². The number of aryl methyl sites for hydroxylation is 2. The maximum absolute atomic E-state index is 12.9. The Labute approximate surface area is 225 Å². The second kappa shape index (κ2) is 9.67. The first-order valence-electron chi connectivity index (χ1n) is 14.4. The lowest BCUT2D eigenvalue weighted by molar-refractivity contribution is -0.123. The molecular formula is C29H42N8O. The van der Waals surface area contributed by atoms with Crippen LogP contribution in [0.5, 0.6) is 0 Å². The number of nitrogens with zero attached hydrogens (tertiary/aromatic N) is 5. The molecule has 1 saturated heterocycles. The number of nitrogens with one attached hydrogen (secondary N) is 3. The molecule has 6 rings (SSSR count). The maximum atomic E-state index is 12.9. The molecule has 2 saturated carbocycles. The average molecular weight is 519 g/mol. The zero-order valence-corrected chi connectivity index (χ0v) is 23.2. The van der Waals surface area contributed by atoms with E-state index in [2.05, 4.69) is 43.1 Å². The Morgan fingerprint density at radius 1 is 1.16 bits per heavy atom. The summed E-state index contributed by atoms with van der Waals surface area (Å²) in [6.07, 6.45) is 10.4. The lowest BCUT2D eigenvalue weighted by Crippen LogP contribution is -2.48. The Morgan fingerprint density at radius 2 is 1.92 bits per heavy atom. The first-order chi connectivity index (χ1) is 18.3. The van der Waals surface area contributed by atoms with Gasteiger partial charge in [-0.05, 0) is 83.4 Å². The van der Waals surface area contributed by atoms with E-state index in [1.807, 2.05) is 14.0 Å². The lowest BCUT2D eigenvalue weighted by atomic mass is 9.84. The molecule has 2 aromatic rings. The van der Waals surface area contributed by atoms with Gasteiger partial charge in [-0.3, -0.25) is 14.4 Å². The third kappa shape index (κ3) is 4.48. The minimum Gasteiger partial charge on any atom is -0.373 e. The molecule has 9 nitrogen and oxygen atoms in total. The summed E-state index contributed by atoms with van der Waals surface area (Å²) in [6.45, 7) is 9.48. The standard InChI is InChI=1S/C29H42N8O/c1-20-14-25(22(15-30)27(31-3)32-20)36-13-6-24-23(16-36)21(2)34-37(24)19-28-7-9-29(18-28,10-8-28)33-26(38)17-35-11-4-5-12-35/h14-15,30H,4-13,16-19H2,1-3H3,(H,31,32)(H,33,38). The summed E-state index contributed by atoms with van der Waals surface area (Å²) in [7, 11) is 1.86. The van der Waals surface area contributed by atoms with E-state index in [1.165, 1.54) is 43.2 Å². The summed E-state index contributed by atoms with van der Waals surface area (Å²) in [4.78, 5) is 22.1. The zero-order chi connectivity index (χ0) is 26.5. The summed E-state index contributed by atoms with van der Waals surface area (Å²) >= 11 is 0. The predicted molar refractivity (Wildman–Crippen MR) is 150 cm³/mol. The quantitative estimate of drug-likeness (QED) is 0.463. The fraction of sp³-hybridized carbons (Fsp3) is 0.655. The number of likely N-dealkylation sites (tertiary alicyclic amines) is 1. The van der Waals surface area contributed by atoms with Crippen molar-refractivity contribution in [2.24, 2.45) is 5.41 Å². The van der Waals surface area contributed by atoms with Crippen LogP contribution in [0.1, 0.15) is 73.2 Å². The van der Waals surface area contributed by atoms with Crippen LogP contribution in [0.15, 0.2) is 6.07 Å². The number of hydrogen-bond donors (Lipinski definition) is 3. The molecule has 2 aromatic heterocycles. The number of carbonyl (C=O) groups excluding carboxylic acids is 1. The van der Waals surface area contributed by atoms with Crippen LogP contribution in [0, 0.1) is 24.7 Å². The number of rotatable bonds is 8. The molecule has 204 valence electrons. The van der Waals surface area contributed by atoms with Gasteiger partial charge in [-0.2, -0.15) is 5.10 Å². The van der Waals surface area contributed by atoms with Gasteiger partial charge in [0.1, 0.15) is 5.82 Å². The fourth-order valence-electron chi connectivity index (χ4n) is 7.77. The van der Waals surface area contributed by atoms with Gasteiger partial charge in [-0.1, -0.05) is 0 Å². The molecule has 0 atom stereocenters. The molecule has 2 aliphatic carbocycles. The number of anilines is 2. The minimum atomic E-state index is -0.0107. The topological polar surface area (TPSA) is 102 Å². The van der Waals surface area contributed by atoms with Crippen LogP contribution in [0.2, 0.25) is 0 Å². The summed E-state index contributed by atoms with van der Waals surface area (Å²) in [5.74, 6) is 0.972. The van der Waals surface area contributed by atoms with Gasteiger partial charge in [-0.15, -0.1) is 0 Å². The van der Waals surface area contributed by atoms with Crippen LogP contribution < -0.4 is 15.5 Å². The summed E-state index contributed by atoms with van der Waals surface area (Å²) in [5, 5.41) is 19.7. The van der Waals surface area contributed by atoms with Crippen molar-refractivity contribution in [3.8, 4) is 0 Å². The molecule has 38 heavy (non-hydrogen) atoms. The summed E-state index contributed by atoms with van der Waals surface area (Å²) in [6, 6.07) is 2.10. The number of carbonyl (C=O) groups is 1. The van der Waals surface area contributed by atoms with Gasteiger partial charge >= 0.3 is 0 Å². The highest BCUT2D eigenvalue weighted by Crippen LogP contribution is 2.57. The van der Waals surface area contributed by atoms with Gasteiger partial charge in [0.05, 0.1) is 23.5 Å². The van der Waals surface area contributed by atoms with Crippen molar-refractivity contribution in [1.29, 1.82) is 5.41 Å². The smallest absolute Gasteiger partial charge is 0.234 e. The van der Waals surface area contributed by atoms with E-state index in [0.717, 1.165) is 86.9 Å². The molecule has 4 heterocycles. The molecule has 1 amide bonds. The Balaban J connectivity index is 1.16. The van der Waals surface area contributed by atoms with Crippen molar-refractivity contribution in [1.82, 2.24) is 25.0 Å². The lowest BCUT2D eigenvalue weighted by Gasteiger charge is -2.32. The SMILES string of the molecule is CNc1nc(C)cc(N2CCc3c(c(C)nn3CC34CCC(NC(=O)CN5CCCC5)(CC3)C4)C2)c1C=N. The van der Waals surface area contributed by atoms with Crippen molar-refractivity contribution in [3.05, 3.63) is 34.3 Å². The largest absolute Gasteiger partial charge is 0.373 e. The first kappa shape index (κ1) is 25.3. The van der Waals surface area contributed by atoms with Crippen LogP contribution in [0.3, 0.4) is 0 Å². The molecule has 4 aliphatic rings. The van der Waals surface area contributed by atoms with E-state index in [-0.39, 0.29) is 16.9 Å². The third-order valence-corrected chi connectivity index (χ3v) is 9.66. The molecule has 2 bridgehead atoms. The van der Waals surface area contributed by atoms with E-state index in [1.54, 1.807) is 0 Å². The zero-order valence-electron chi connectivity index (χ0n) is 23.2. The monoisotopic (exact) mass is 518 g/mol. The number of hydrogen-bond acceptors (Lipinski definition) is 7. The Hall–Kier alpha value is -2.94. The second-order valence-electron chi connectivity index (χ2n) is 12.3. The molecule has 3 fully saturated rings. The van der Waals surface area contributed by atoms with Gasteiger partial charge in [0.15, 0.2) is 0 Å². The molecule has 9 heteroatoms. The molecule has 0 radical (unpaired) electrons. The van der Waals surface area contributed by atoms with Gasteiger partial charge in [-0.25, -0.2) is 4.98 Å². The van der Waals surface area contributed by atoms with E-state index in [9.17, 15) is 4.79 Å². The van der Waals surface area contributed by atoms with E-state index in [4.69, 9.17) is 10.5 Å². The predicted octanol–water partition coefficient (Wildman–Crippen LogP) is 3.41. The normalized spacial score (nSPS) is 26.6. The summed E-state index contributed by atoms with van der Waals surface area (Å²) < 4.78 is 2.31. The third-order valence-electron chi connectivity index (χ3n) is 9.66. The van der Waals surface area contributed by atoms with Crippen molar-refractivity contribution in [2.75, 3.05) is 43.4 Å². The number of amides is 1. The van der Waals surface area contributed by atoms with Gasteiger partial charge in [0.2, 0.25) is 5.91 Å². The first-order valence-corrected chi connectivity index (χ1v) is 14.4. The highest BCUT2D eigenvalue weighted by molar-refractivity contribution is 5.92. The Morgan fingerprint density at radius 3 is 2.63 bits per heavy atom.